The zero-order valence-electron chi connectivity index (χ0n) is 14.7. The molecule has 1 amide bonds. The Kier molecular flexibility index (Phi) is 5.45. The minimum absolute atomic E-state index is 0.0524. The highest BCUT2D eigenvalue weighted by Crippen LogP contribution is 2.36. The van der Waals surface area contributed by atoms with Gasteiger partial charge in [-0.05, 0) is 26.7 Å². The maximum absolute atomic E-state index is 12.4. The van der Waals surface area contributed by atoms with Crippen LogP contribution in [0.15, 0.2) is 0 Å². The molecule has 0 unspecified atom stereocenters. The van der Waals surface area contributed by atoms with Gasteiger partial charge in [0, 0.05) is 25.6 Å². The maximum Gasteiger partial charge on any atom is 0.263 e. The zero-order chi connectivity index (χ0) is 18.0. The average Bonchev–Trinajstić information content (AvgIpc) is 3.10. The molecule has 0 aliphatic heterocycles. The Morgan fingerprint density at radius 1 is 1.40 bits per heavy atom. The van der Waals surface area contributed by atoms with Gasteiger partial charge in [0.1, 0.15) is 17.3 Å². The molecule has 2 N–H and O–H groups in total. The van der Waals surface area contributed by atoms with Crippen LogP contribution in [0.2, 0.25) is 0 Å². The summed E-state index contributed by atoms with van der Waals surface area (Å²) in [5.41, 5.74) is 0.780. The lowest BCUT2D eigenvalue weighted by Crippen LogP contribution is -2.44. The van der Waals surface area contributed by atoms with Gasteiger partial charge in [0.2, 0.25) is 0 Å². The van der Waals surface area contributed by atoms with Gasteiger partial charge in [-0.25, -0.2) is 4.98 Å². The molecular weight excluding hydrogens is 342 g/mol. The van der Waals surface area contributed by atoms with Crippen LogP contribution >= 0.6 is 11.3 Å². The molecule has 0 bridgehead atoms. The molecule has 0 aromatic carbocycles. The Hall–Kier alpha value is -1.84. The number of aliphatic hydroxyl groups is 1. The summed E-state index contributed by atoms with van der Waals surface area (Å²) in [4.78, 5) is 17.3. The molecule has 1 fully saturated rings. The highest BCUT2D eigenvalue weighted by Gasteiger charge is 2.35. The largest absolute Gasteiger partial charge is 0.388 e. The number of aromatic nitrogens is 4. The number of thiazole rings is 1. The van der Waals surface area contributed by atoms with E-state index < -0.39 is 0 Å². The second kappa shape index (κ2) is 7.59. The number of carbonyl (C=O) groups excluding carboxylic acids is 1. The Labute approximate surface area is 150 Å². The van der Waals surface area contributed by atoms with Crippen molar-refractivity contribution >= 4 is 17.2 Å². The van der Waals surface area contributed by atoms with Gasteiger partial charge in [-0.2, -0.15) is 0 Å². The highest BCUT2D eigenvalue weighted by atomic mass is 32.1. The van der Waals surface area contributed by atoms with Crippen molar-refractivity contribution < 1.29 is 14.6 Å². The van der Waals surface area contributed by atoms with E-state index in [1.807, 2.05) is 18.4 Å². The Balaban J connectivity index is 1.60. The van der Waals surface area contributed by atoms with Gasteiger partial charge in [0.25, 0.3) is 5.91 Å². The molecule has 9 heteroatoms. The predicted molar refractivity (Wildman–Crippen MR) is 92.6 cm³/mol. The molecule has 136 valence electrons. The van der Waals surface area contributed by atoms with Crippen LogP contribution in [0.25, 0.3) is 0 Å². The van der Waals surface area contributed by atoms with Crippen molar-refractivity contribution in [1.29, 1.82) is 0 Å². The van der Waals surface area contributed by atoms with E-state index in [1.165, 1.54) is 11.3 Å². The van der Waals surface area contributed by atoms with Crippen LogP contribution in [0, 0.1) is 13.8 Å². The lowest BCUT2D eigenvalue weighted by Gasteiger charge is -2.35. The molecule has 0 saturated heterocycles. The Morgan fingerprint density at radius 2 is 2.16 bits per heavy atom. The van der Waals surface area contributed by atoms with Crippen LogP contribution in [-0.2, 0) is 17.9 Å². The Morgan fingerprint density at radius 3 is 2.76 bits per heavy atom. The third kappa shape index (κ3) is 3.73. The number of ether oxygens (including phenoxy) is 1. The Bertz CT molecular complexity index is 751. The first-order valence-electron chi connectivity index (χ1n) is 8.30. The number of amides is 1. The number of nitrogens with one attached hydrogen (secondary N) is 1. The maximum atomic E-state index is 12.4. The number of hydrogen-bond acceptors (Lipinski definition) is 7. The smallest absolute Gasteiger partial charge is 0.263 e. The van der Waals surface area contributed by atoms with Crippen molar-refractivity contribution in [3.63, 3.8) is 0 Å². The van der Waals surface area contributed by atoms with Crippen molar-refractivity contribution in [2.45, 2.75) is 51.8 Å². The van der Waals surface area contributed by atoms with Crippen LogP contribution < -0.4 is 5.32 Å². The van der Waals surface area contributed by atoms with E-state index in [0.29, 0.717) is 23.9 Å². The van der Waals surface area contributed by atoms with E-state index in [9.17, 15) is 9.90 Å². The topological polar surface area (TPSA) is 102 Å². The number of aliphatic hydroxyl groups excluding tert-OH is 1. The van der Waals surface area contributed by atoms with E-state index >= 15 is 0 Å². The molecular formula is C16H23N5O3S. The molecule has 0 radical (unpaired) electrons. The van der Waals surface area contributed by atoms with Crippen molar-refractivity contribution in [3.8, 4) is 0 Å². The predicted octanol–water partition coefficient (Wildman–Crippen LogP) is 1.17. The highest BCUT2D eigenvalue weighted by molar-refractivity contribution is 7.13. The van der Waals surface area contributed by atoms with Crippen molar-refractivity contribution in [1.82, 2.24) is 25.1 Å². The van der Waals surface area contributed by atoms with Crippen LogP contribution in [-0.4, -0.2) is 50.5 Å². The summed E-state index contributed by atoms with van der Waals surface area (Å²) in [5.74, 6) is 1.59. The van der Waals surface area contributed by atoms with Crippen LogP contribution in [0.3, 0.4) is 0 Å². The number of aryl methyl sites for hydroxylation is 2. The SMILES string of the molecule is COCCn1c(CO)nnc1C1CC(NC(=O)c2sc(C)nc2C)C1. The quantitative estimate of drug-likeness (QED) is 0.763. The summed E-state index contributed by atoms with van der Waals surface area (Å²) >= 11 is 1.42. The van der Waals surface area contributed by atoms with Crippen molar-refractivity contribution in [2.75, 3.05) is 13.7 Å². The molecule has 1 aliphatic carbocycles. The molecule has 0 atom stereocenters. The number of hydrogen-bond donors (Lipinski definition) is 2. The zero-order valence-corrected chi connectivity index (χ0v) is 15.5. The fourth-order valence-corrected chi connectivity index (χ4v) is 3.96. The molecule has 8 nitrogen and oxygen atoms in total. The summed E-state index contributed by atoms with van der Waals surface area (Å²) in [6.07, 6.45) is 1.64. The second-order valence-corrected chi connectivity index (χ2v) is 7.47. The molecule has 1 saturated carbocycles. The summed E-state index contributed by atoms with van der Waals surface area (Å²) in [5, 5.41) is 21.7. The van der Waals surface area contributed by atoms with E-state index in [-0.39, 0.29) is 24.5 Å². The lowest BCUT2D eigenvalue weighted by molar-refractivity contribution is 0.0909. The van der Waals surface area contributed by atoms with Crippen molar-refractivity contribution in [3.05, 3.63) is 27.2 Å². The van der Waals surface area contributed by atoms with Crippen molar-refractivity contribution in [2.24, 2.45) is 0 Å². The van der Waals surface area contributed by atoms with Gasteiger partial charge < -0.3 is 19.7 Å². The van der Waals surface area contributed by atoms with E-state index in [0.717, 1.165) is 29.4 Å². The molecule has 25 heavy (non-hydrogen) atoms. The molecule has 3 rings (SSSR count). The number of rotatable bonds is 7. The van der Waals surface area contributed by atoms with Gasteiger partial charge in [-0.3, -0.25) is 4.79 Å². The average molecular weight is 365 g/mol. The third-order valence-electron chi connectivity index (χ3n) is 4.46. The van der Waals surface area contributed by atoms with Crippen LogP contribution in [0.4, 0.5) is 0 Å². The van der Waals surface area contributed by atoms with Crippen LogP contribution in [0.5, 0.6) is 0 Å². The van der Waals surface area contributed by atoms with E-state index in [4.69, 9.17) is 4.74 Å². The summed E-state index contributed by atoms with van der Waals surface area (Å²) < 4.78 is 7.04. The standard InChI is InChI=1S/C16H23N5O3S/c1-9-14(25-10(2)17-9)16(23)18-12-6-11(7-12)15-20-19-13(8-22)21(15)4-5-24-3/h11-12,22H,4-8H2,1-3H3,(H,18,23). The third-order valence-corrected chi connectivity index (χ3v) is 5.54. The first-order chi connectivity index (χ1) is 12.0. The molecule has 2 aromatic rings. The fraction of sp³-hybridized carbons (Fsp3) is 0.625. The van der Waals surface area contributed by atoms with Crippen LogP contribution in [0.1, 0.15) is 50.8 Å². The summed E-state index contributed by atoms with van der Waals surface area (Å²) in [7, 11) is 1.64. The fourth-order valence-electron chi connectivity index (χ4n) is 3.13. The molecule has 2 heterocycles. The second-order valence-electron chi connectivity index (χ2n) is 6.26. The van der Waals surface area contributed by atoms with Gasteiger partial charge in [0.15, 0.2) is 5.82 Å². The summed E-state index contributed by atoms with van der Waals surface area (Å²) in [6, 6.07) is 0.129. The first-order valence-corrected chi connectivity index (χ1v) is 9.11. The van der Waals surface area contributed by atoms with E-state index in [2.05, 4.69) is 20.5 Å². The minimum atomic E-state index is -0.145. The van der Waals surface area contributed by atoms with Gasteiger partial charge in [-0.15, -0.1) is 21.5 Å². The normalized spacial score (nSPS) is 19.7. The summed E-state index contributed by atoms with van der Waals surface area (Å²) in [6.45, 7) is 4.76. The molecule has 1 aliphatic rings. The molecule has 2 aromatic heterocycles. The van der Waals surface area contributed by atoms with Gasteiger partial charge >= 0.3 is 0 Å². The number of carbonyl (C=O) groups is 1. The van der Waals surface area contributed by atoms with Gasteiger partial charge in [-0.1, -0.05) is 0 Å². The number of methoxy groups -OCH3 is 1. The molecule has 0 spiro atoms. The first kappa shape index (κ1) is 18.0. The monoisotopic (exact) mass is 365 g/mol. The van der Waals surface area contributed by atoms with E-state index in [1.54, 1.807) is 7.11 Å². The van der Waals surface area contributed by atoms with Gasteiger partial charge in [0.05, 0.1) is 17.3 Å². The lowest BCUT2D eigenvalue weighted by atomic mass is 9.79. The minimum Gasteiger partial charge on any atom is -0.388 e. The number of nitrogens with zero attached hydrogens (tertiary/aromatic N) is 4.